The topological polar surface area (TPSA) is 46.2 Å². The summed E-state index contributed by atoms with van der Waals surface area (Å²) >= 11 is 5.93. The van der Waals surface area contributed by atoms with Crippen LogP contribution in [0.2, 0.25) is 5.02 Å². The molecule has 0 bridgehead atoms. The fourth-order valence-electron chi connectivity index (χ4n) is 1.09. The smallest absolute Gasteiger partial charge is 0.0704 e. The maximum Gasteiger partial charge on any atom is 0.0704 e. The van der Waals surface area contributed by atoms with Crippen molar-refractivity contribution in [1.82, 2.24) is 0 Å². The number of hydrogen-bond donors (Lipinski definition) is 2. The van der Waals surface area contributed by atoms with Crippen LogP contribution in [0, 0.1) is 6.92 Å². The first-order chi connectivity index (χ1) is 6.02. The molecule has 13 heavy (non-hydrogen) atoms. The molecule has 0 saturated heterocycles. The van der Waals surface area contributed by atoms with Crippen LogP contribution in [0.5, 0.6) is 0 Å². The third-order valence-electron chi connectivity index (χ3n) is 2.10. The Hall–Kier alpha value is -0.570. The van der Waals surface area contributed by atoms with Gasteiger partial charge in [0.15, 0.2) is 0 Å². The first-order valence-corrected chi connectivity index (χ1v) is 4.60. The van der Waals surface area contributed by atoms with E-state index in [0.717, 1.165) is 11.1 Å². The lowest BCUT2D eigenvalue weighted by Gasteiger charge is -2.15. The van der Waals surface area contributed by atoms with E-state index in [9.17, 15) is 5.11 Å². The van der Waals surface area contributed by atoms with Gasteiger partial charge in [-0.05, 0) is 31.0 Å². The molecular formula is C10H14ClNO. The molecular weight excluding hydrogens is 186 g/mol. The molecule has 0 aliphatic rings. The summed E-state index contributed by atoms with van der Waals surface area (Å²) in [6.07, 6.45) is -0.557. The highest BCUT2D eigenvalue weighted by atomic mass is 35.5. The van der Waals surface area contributed by atoms with Crippen LogP contribution in [0.1, 0.15) is 24.1 Å². The summed E-state index contributed by atoms with van der Waals surface area (Å²) in [5, 5.41) is 9.95. The van der Waals surface area contributed by atoms with Crippen molar-refractivity contribution in [3.63, 3.8) is 0 Å². The molecule has 0 spiro atoms. The Morgan fingerprint density at radius 2 is 2.08 bits per heavy atom. The van der Waals surface area contributed by atoms with Crippen LogP contribution in [0.25, 0.3) is 0 Å². The zero-order chi connectivity index (χ0) is 10.0. The number of rotatable bonds is 2. The standard InChI is InChI=1S/C10H14ClNO/c1-6-3-4-8(5-9(6)11)10(12)7(2)13/h3-5,7,10,13H,12H2,1-2H3/t7-,10+/m1/s1. The van der Waals surface area contributed by atoms with Crippen LogP contribution in [-0.4, -0.2) is 11.2 Å². The van der Waals surface area contributed by atoms with Gasteiger partial charge < -0.3 is 10.8 Å². The lowest BCUT2D eigenvalue weighted by atomic mass is 10.0. The summed E-state index contributed by atoms with van der Waals surface area (Å²) in [4.78, 5) is 0. The number of aryl methyl sites for hydroxylation is 1. The summed E-state index contributed by atoms with van der Waals surface area (Å²) in [6.45, 7) is 3.60. The Labute approximate surface area is 83.3 Å². The van der Waals surface area contributed by atoms with Gasteiger partial charge in [-0.1, -0.05) is 23.7 Å². The highest BCUT2D eigenvalue weighted by molar-refractivity contribution is 6.31. The summed E-state index contributed by atoms with van der Waals surface area (Å²) in [6, 6.07) is 5.23. The lowest BCUT2D eigenvalue weighted by molar-refractivity contribution is 0.164. The van der Waals surface area contributed by atoms with E-state index in [1.54, 1.807) is 13.0 Å². The van der Waals surface area contributed by atoms with Gasteiger partial charge in [-0.15, -0.1) is 0 Å². The molecule has 0 amide bonds. The molecule has 0 radical (unpaired) electrons. The van der Waals surface area contributed by atoms with Gasteiger partial charge in [0.05, 0.1) is 12.1 Å². The second kappa shape index (κ2) is 4.09. The number of aliphatic hydroxyl groups excluding tert-OH is 1. The second-order valence-electron chi connectivity index (χ2n) is 3.28. The second-order valence-corrected chi connectivity index (χ2v) is 3.68. The van der Waals surface area contributed by atoms with Gasteiger partial charge in [-0.25, -0.2) is 0 Å². The summed E-state index contributed by atoms with van der Waals surface area (Å²) in [7, 11) is 0. The summed E-state index contributed by atoms with van der Waals surface area (Å²) in [5.41, 5.74) is 7.63. The van der Waals surface area contributed by atoms with Crippen LogP contribution in [0.4, 0.5) is 0 Å². The van der Waals surface area contributed by atoms with Crippen molar-refractivity contribution in [2.24, 2.45) is 5.73 Å². The average Bonchev–Trinajstić information content (AvgIpc) is 2.08. The van der Waals surface area contributed by atoms with Crippen molar-refractivity contribution < 1.29 is 5.11 Å². The van der Waals surface area contributed by atoms with Crippen molar-refractivity contribution in [2.75, 3.05) is 0 Å². The first kappa shape index (κ1) is 10.5. The molecule has 2 atom stereocenters. The highest BCUT2D eigenvalue weighted by Gasteiger charge is 2.12. The quantitative estimate of drug-likeness (QED) is 0.766. The van der Waals surface area contributed by atoms with E-state index in [1.165, 1.54) is 0 Å². The van der Waals surface area contributed by atoms with E-state index < -0.39 is 6.10 Å². The molecule has 0 unspecified atom stereocenters. The van der Waals surface area contributed by atoms with E-state index in [0.29, 0.717) is 5.02 Å². The lowest BCUT2D eigenvalue weighted by Crippen LogP contribution is -2.23. The van der Waals surface area contributed by atoms with Gasteiger partial charge in [0, 0.05) is 5.02 Å². The molecule has 0 aliphatic heterocycles. The van der Waals surface area contributed by atoms with Gasteiger partial charge in [-0.3, -0.25) is 0 Å². The molecule has 0 aromatic heterocycles. The fourth-order valence-corrected chi connectivity index (χ4v) is 1.28. The molecule has 0 heterocycles. The van der Waals surface area contributed by atoms with E-state index in [4.69, 9.17) is 17.3 Å². The molecule has 1 rings (SSSR count). The molecule has 72 valence electrons. The predicted octanol–water partition coefficient (Wildman–Crippen LogP) is 2.03. The van der Waals surface area contributed by atoms with Gasteiger partial charge in [0.2, 0.25) is 0 Å². The van der Waals surface area contributed by atoms with Crippen LogP contribution < -0.4 is 5.73 Å². The van der Waals surface area contributed by atoms with Gasteiger partial charge >= 0.3 is 0 Å². The monoisotopic (exact) mass is 199 g/mol. The van der Waals surface area contributed by atoms with Crippen molar-refractivity contribution in [3.05, 3.63) is 34.3 Å². The molecule has 2 nitrogen and oxygen atoms in total. The van der Waals surface area contributed by atoms with Gasteiger partial charge in [0.1, 0.15) is 0 Å². The maximum atomic E-state index is 9.27. The molecule has 0 saturated carbocycles. The number of nitrogens with two attached hydrogens (primary N) is 1. The third kappa shape index (κ3) is 2.44. The maximum absolute atomic E-state index is 9.27. The van der Waals surface area contributed by atoms with Crippen molar-refractivity contribution in [2.45, 2.75) is 26.0 Å². The number of benzene rings is 1. The summed E-state index contributed by atoms with van der Waals surface area (Å²) in [5.74, 6) is 0. The molecule has 0 fully saturated rings. The Bertz CT molecular complexity index is 299. The van der Waals surface area contributed by atoms with Crippen LogP contribution in [0.3, 0.4) is 0 Å². The number of aliphatic hydroxyl groups is 1. The summed E-state index contributed by atoms with van der Waals surface area (Å²) < 4.78 is 0. The zero-order valence-electron chi connectivity index (χ0n) is 7.79. The van der Waals surface area contributed by atoms with Crippen LogP contribution in [0.15, 0.2) is 18.2 Å². The molecule has 3 heteroatoms. The highest BCUT2D eigenvalue weighted by Crippen LogP contribution is 2.21. The fraction of sp³-hybridized carbons (Fsp3) is 0.400. The minimum Gasteiger partial charge on any atom is -0.391 e. The minimum atomic E-state index is -0.557. The SMILES string of the molecule is Cc1ccc([C@@H](N)[C@@H](C)O)cc1Cl. The Kier molecular flexibility index (Phi) is 3.31. The van der Waals surface area contributed by atoms with Gasteiger partial charge in [-0.2, -0.15) is 0 Å². The normalized spacial score (nSPS) is 15.5. The average molecular weight is 200 g/mol. The van der Waals surface area contributed by atoms with E-state index >= 15 is 0 Å². The van der Waals surface area contributed by atoms with Crippen molar-refractivity contribution in [3.8, 4) is 0 Å². The molecule has 1 aromatic rings. The predicted molar refractivity (Wildman–Crippen MR) is 54.8 cm³/mol. The van der Waals surface area contributed by atoms with E-state index in [2.05, 4.69) is 0 Å². The van der Waals surface area contributed by atoms with Crippen molar-refractivity contribution in [1.29, 1.82) is 0 Å². The third-order valence-corrected chi connectivity index (χ3v) is 2.51. The Balaban J connectivity index is 2.97. The van der Waals surface area contributed by atoms with Gasteiger partial charge in [0.25, 0.3) is 0 Å². The first-order valence-electron chi connectivity index (χ1n) is 4.22. The Morgan fingerprint density at radius 1 is 1.46 bits per heavy atom. The molecule has 3 N–H and O–H groups in total. The molecule has 1 aromatic carbocycles. The zero-order valence-corrected chi connectivity index (χ0v) is 8.55. The van der Waals surface area contributed by atoms with E-state index in [1.807, 2.05) is 19.1 Å². The molecule has 0 aliphatic carbocycles. The number of halogens is 1. The van der Waals surface area contributed by atoms with E-state index in [-0.39, 0.29) is 6.04 Å². The Morgan fingerprint density at radius 3 is 2.54 bits per heavy atom. The van der Waals surface area contributed by atoms with Crippen LogP contribution >= 0.6 is 11.6 Å². The number of hydrogen-bond acceptors (Lipinski definition) is 2. The van der Waals surface area contributed by atoms with Crippen LogP contribution in [-0.2, 0) is 0 Å². The largest absolute Gasteiger partial charge is 0.391 e. The van der Waals surface area contributed by atoms with Crippen molar-refractivity contribution >= 4 is 11.6 Å². The minimum absolute atomic E-state index is 0.363.